The van der Waals surface area contributed by atoms with Crippen LogP contribution in [-0.4, -0.2) is 55.5 Å². The molecule has 142 valence electrons. The van der Waals surface area contributed by atoms with E-state index < -0.39 is 0 Å². The van der Waals surface area contributed by atoms with E-state index in [9.17, 15) is 4.79 Å². The zero-order valence-corrected chi connectivity index (χ0v) is 16.2. The van der Waals surface area contributed by atoms with Crippen molar-refractivity contribution in [2.45, 2.75) is 25.3 Å². The molecule has 0 spiro atoms. The van der Waals surface area contributed by atoms with E-state index in [0.29, 0.717) is 6.54 Å². The molecule has 0 radical (unpaired) electrons. The standard InChI is InChI=1S/C23H29N3O/c1-24(22-13-7-9-19-8-5-6-12-21(19)22)23(27)18-25-14-16-26(17-15-25)20-10-3-2-4-11-20/h2-6,8,10-12,22H,7,9,13-18H2,1H3/t22-/m0/s1. The summed E-state index contributed by atoms with van der Waals surface area (Å²) in [5, 5.41) is 0. The molecule has 27 heavy (non-hydrogen) atoms. The van der Waals surface area contributed by atoms with Crippen LogP contribution in [0.4, 0.5) is 5.69 Å². The molecule has 0 bridgehead atoms. The van der Waals surface area contributed by atoms with Crippen LogP contribution in [0.25, 0.3) is 0 Å². The lowest BCUT2D eigenvalue weighted by Crippen LogP contribution is -2.50. The molecular formula is C23H29N3O. The molecule has 1 atom stereocenters. The number of likely N-dealkylation sites (N-methyl/N-ethyl adjacent to an activating group) is 1. The van der Waals surface area contributed by atoms with E-state index in [4.69, 9.17) is 0 Å². The molecule has 1 aliphatic heterocycles. The number of benzene rings is 2. The number of rotatable bonds is 4. The van der Waals surface area contributed by atoms with E-state index in [1.54, 1.807) is 0 Å². The van der Waals surface area contributed by atoms with Crippen molar-refractivity contribution in [3.8, 4) is 0 Å². The van der Waals surface area contributed by atoms with Crippen molar-refractivity contribution >= 4 is 11.6 Å². The van der Waals surface area contributed by atoms with Crippen molar-refractivity contribution in [1.29, 1.82) is 0 Å². The molecule has 0 N–H and O–H groups in total. The maximum absolute atomic E-state index is 12.9. The SMILES string of the molecule is CN(C(=O)CN1CCN(c2ccccc2)CC1)[C@H]1CCCc2ccccc21. The van der Waals surface area contributed by atoms with Gasteiger partial charge in [-0.15, -0.1) is 0 Å². The third-order valence-corrected chi connectivity index (χ3v) is 6.05. The van der Waals surface area contributed by atoms with Gasteiger partial charge in [0.2, 0.25) is 5.91 Å². The fourth-order valence-corrected chi connectivity index (χ4v) is 4.41. The van der Waals surface area contributed by atoms with Crippen molar-refractivity contribution in [3.63, 3.8) is 0 Å². The molecule has 4 heteroatoms. The Morgan fingerprint density at radius 3 is 2.48 bits per heavy atom. The molecule has 0 aromatic heterocycles. The quantitative estimate of drug-likeness (QED) is 0.834. The molecule has 1 heterocycles. The van der Waals surface area contributed by atoms with Crippen molar-refractivity contribution in [3.05, 3.63) is 65.7 Å². The molecular weight excluding hydrogens is 334 g/mol. The van der Waals surface area contributed by atoms with Gasteiger partial charge in [0.15, 0.2) is 0 Å². The minimum absolute atomic E-state index is 0.230. The second-order valence-electron chi connectivity index (χ2n) is 7.71. The lowest BCUT2D eigenvalue weighted by atomic mass is 9.87. The number of piperazine rings is 1. The summed E-state index contributed by atoms with van der Waals surface area (Å²) >= 11 is 0. The van der Waals surface area contributed by atoms with Crippen molar-refractivity contribution in [1.82, 2.24) is 9.80 Å². The van der Waals surface area contributed by atoms with Crippen LogP contribution < -0.4 is 4.90 Å². The Bertz CT molecular complexity index is 768. The van der Waals surface area contributed by atoms with E-state index in [1.165, 1.54) is 16.8 Å². The Labute approximate surface area is 162 Å². The van der Waals surface area contributed by atoms with Crippen LogP contribution in [0.2, 0.25) is 0 Å². The lowest BCUT2D eigenvalue weighted by molar-refractivity contribution is -0.133. The number of carbonyl (C=O) groups is 1. The number of hydrogen-bond donors (Lipinski definition) is 0. The highest BCUT2D eigenvalue weighted by Crippen LogP contribution is 2.33. The minimum atomic E-state index is 0.230. The van der Waals surface area contributed by atoms with E-state index in [1.807, 2.05) is 11.9 Å². The Morgan fingerprint density at radius 2 is 1.70 bits per heavy atom. The number of fused-ring (bicyclic) bond motifs is 1. The van der Waals surface area contributed by atoms with E-state index in [-0.39, 0.29) is 11.9 Å². The fourth-order valence-electron chi connectivity index (χ4n) is 4.41. The molecule has 4 rings (SSSR count). The summed E-state index contributed by atoms with van der Waals surface area (Å²) in [6.07, 6.45) is 3.37. The number of anilines is 1. The third kappa shape index (κ3) is 4.01. The molecule has 1 fully saturated rings. The van der Waals surface area contributed by atoms with Gasteiger partial charge in [-0.05, 0) is 42.5 Å². The zero-order valence-electron chi connectivity index (χ0n) is 16.2. The van der Waals surface area contributed by atoms with Gasteiger partial charge in [-0.1, -0.05) is 42.5 Å². The second-order valence-corrected chi connectivity index (χ2v) is 7.71. The Balaban J connectivity index is 1.34. The Kier molecular flexibility index (Phi) is 5.44. The summed E-state index contributed by atoms with van der Waals surface area (Å²) in [7, 11) is 1.98. The molecule has 2 aliphatic rings. The van der Waals surface area contributed by atoms with Gasteiger partial charge in [0.25, 0.3) is 0 Å². The van der Waals surface area contributed by atoms with Crippen LogP contribution in [0.5, 0.6) is 0 Å². The number of hydrogen-bond acceptors (Lipinski definition) is 3. The first-order chi connectivity index (χ1) is 13.2. The van der Waals surface area contributed by atoms with Gasteiger partial charge in [-0.2, -0.15) is 0 Å². The largest absolute Gasteiger partial charge is 0.369 e. The second kappa shape index (κ2) is 8.13. The number of aryl methyl sites for hydroxylation is 1. The van der Waals surface area contributed by atoms with Crippen LogP contribution in [0.3, 0.4) is 0 Å². The highest BCUT2D eigenvalue weighted by molar-refractivity contribution is 5.78. The molecule has 2 aromatic rings. The van der Waals surface area contributed by atoms with Crippen LogP contribution >= 0.6 is 0 Å². The van der Waals surface area contributed by atoms with Gasteiger partial charge in [-0.3, -0.25) is 9.69 Å². The molecule has 1 aliphatic carbocycles. The van der Waals surface area contributed by atoms with Gasteiger partial charge in [0, 0.05) is 38.9 Å². The van der Waals surface area contributed by atoms with Gasteiger partial charge in [0.1, 0.15) is 0 Å². The summed E-state index contributed by atoms with van der Waals surface area (Å²) in [6, 6.07) is 19.4. The van der Waals surface area contributed by atoms with Crippen molar-refractivity contribution in [2.75, 3.05) is 44.7 Å². The fraction of sp³-hybridized carbons (Fsp3) is 0.435. The number of carbonyl (C=O) groups excluding carboxylic acids is 1. The highest BCUT2D eigenvalue weighted by atomic mass is 16.2. The van der Waals surface area contributed by atoms with Gasteiger partial charge in [-0.25, -0.2) is 0 Å². The van der Waals surface area contributed by atoms with Crippen molar-refractivity contribution < 1.29 is 4.79 Å². The molecule has 1 amide bonds. The average Bonchev–Trinajstić information content (AvgIpc) is 2.74. The summed E-state index contributed by atoms with van der Waals surface area (Å²) in [6.45, 7) is 4.36. The smallest absolute Gasteiger partial charge is 0.237 e. The summed E-state index contributed by atoms with van der Waals surface area (Å²) in [5.74, 6) is 0.241. The highest BCUT2D eigenvalue weighted by Gasteiger charge is 2.28. The topological polar surface area (TPSA) is 26.8 Å². The number of para-hydroxylation sites is 1. The Hall–Kier alpha value is -2.33. The van der Waals surface area contributed by atoms with Crippen LogP contribution in [-0.2, 0) is 11.2 Å². The molecule has 0 unspecified atom stereocenters. The average molecular weight is 364 g/mol. The third-order valence-electron chi connectivity index (χ3n) is 6.05. The monoisotopic (exact) mass is 363 g/mol. The predicted octanol–water partition coefficient (Wildman–Crippen LogP) is 3.34. The van der Waals surface area contributed by atoms with Gasteiger partial charge in [0.05, 0.1) is 12.6 Å². The normalized spacial score (nSPS) is 20.2. The number of amides is 1. The molecule has 1 saturated heterocycles. The summed E-state index contributed by atoms with van der Waals surface area (Å²) in [5.41, 5.74) is 4.03. The van der Waals surface area contributed by atoms with Crippen LogP contribution in [0.15, 0.2) is 54.6 Å². The van der Waals surface area contributed by atoms with Crippen LogP contribution in [0, 0.1) is 0 Å². The predicted molar refractivity (Wildman–Crippen MR) is 110 cm³/mol. The molecule has 4 nitrogen and oxygen atoms in total. The number of nitrogens with zero attached hydrogens (tertiary/aromatic N) is 3. The lowest BCUT2D eigenvalue weighted by Gasteiger charge is -2.38. The van der Waals surface area contributed by atoms with Crippen molar-refractivity contribution in [2.24, 2.45) is 0 Å². The van der Waals surface area contributed by atoms with Gasteiger partial charge < -0.3 is 9.80 Å². The first-order valence-corrected chi connectivity index (χ1v) is 10.1. The molecule has 2 aromatic carbocycles. The zero-order chi connectivity index (χ0) is 18.6. The van der Waals surface area contributed by atoms with E-state index in [0.717, 1.165) is 45.4 Å². The minimum Gasteiger partial charge on any atom is -0.369 e. The summed E-state index contributed by atoms with van der Waals surface area (Å²) < 4.78 is 0. The van der Waals surface area contributed by atoms with E-state index >= 15 is 0 Å². The summed E-state index contributed by atoms with van der Waals surface area (Å²) in [4.78, 5) is 19.6. The van der Waals surface area contributed by atoms with Gasteiger partial charge >= 0.3 is 0 Å². The molecule has 0 saturated carbocycles. The first-order valence-electron chi connectivity index (χ1n) is 10.1. The van der Waals surface area contributed by atoms with E-state index in [2.05, 4.69) is 64.4 Å². The first kappa shape index (κ1) is 18.1. The maximum atomic E-state index is 12.9. The maximum Gasteiger partial charge on any atom is 0.237 e. The Morgan fingerprint density at radius 1 is 1.00 bits per heavy atom. The van der Waals surface area contributed by atoms with Crippen LogP contribution in [0.1, 0.15) is 30.0 Å².